The van der Waals surface area contributed by atoms with E-state index >= 15 is 0 Å². The fraction of sp³-hybridized carbons (Fsp3) is 0. The van der Waals surface area contributed by atoms with Gasteiger partial charge in [0.05, 0.1) is 0 Å². The quantitative estimate of drug-likeness (QED) is 0.171. The summed E-state index contributed by atoms with van der Waals surface area (Å²) < 4.78 is 13.5. The lowest BCUT2D eigenvalue weighted by Crippen LogP contribution is -1.84. The van der Waals surface area contributed by atoms with Gasteiger partial charge >= 0.3 is 0 Å². The van der Waals surface area contributed by atoms with Crippen LogP contribution in [0.25, 0.3) is 111 Å². The fourth-order valence-electron chi connectivity index (χ4n) is 8.29. The fourth-order valence-corrected chi connectivity index (χ4v) is 8.29. The van der Waals surface area contributed by atoms with Crippen LogP contribution in [0.3, 0.4) is 0 Å². The average Bonchev–Trinajstić information content (AvgIpc) is 3.84. The van der Waals surface area contributed by atoms with E-state index in [1.54, 1.807) is 0 Å². The van der Waals surface area contributed by atoms with E-state index in [4.69, 9.17) is 8.83 Å². The number of rotatable bonds is 6. The first-order valence-electron chi connectivity index (χ1n) is 19.1. The van der Waals surface area contributed by atoms with E-state index < -0.39 is 0 Å². The van der Waals surface area contributed by atoms with Crippen LogP contribution in [0.5, 0.6) is 0 Å². The maximum Gasteiger partial charge on any atom is 0.143 e. The first kappa shape index (κ1) is 32.0. The monoisotopic (exact) mass is 714 g/mol. The lowest BCUT2D eigenvalue weighted by Gasteiger charge is -2.09. The Bertz CT molecular complexity index is 3020. The number of benzene rings is 9. The molecule has 0 N–H and O–H groups in total. The molecule has 0 aliphatic rings. The molecule has 56 heavy (non-hydrogen) atoms. The second-order valence-corrected chi connectivity index (χ2v) is 14.5. The molecule has 0 unspecified atom stereocenters. The minimum Gasteiger partial charge on any atom is -0.455 e. The molecule has 2 aromatic heterocycles. The van der Waals surface area contributed by atoms with Crippen LogP contribution in [-0.2, 0) is 0 Å². The Morgan fingerprint density at radius 2 is 0.536 bits per heavy atom. The van der Waals surface area contributed by atoms with Crippen molar-refractivity contribution in [3.8, 4) is 66.8 Å². The minimum atomic E-state index is 0.813. The van der Waals surface area contributed by atoms with E-state index in [9.17, 15) is 0 Å². The number of para-hydroxylation sites is 2. The van der Waals surface area contributed by atoms with Crippen molar-refractivity contribution in [1.29, 1.82) is 0 Å². The van der Waals surface area contributed by atoms with Crippen LogP contribution in [0.4, 0.5) is 0 Å². The first-order valence-corrected chi connectivity index (χ1v) is 19.1. The highest BCUT2D eigenvalue weighted by atomic mass is 16.3. The molecule has 262 valence electrons. The van der Waals surface area contributed by atoms with Crippen LogP contribution in [0.2, 0.25) is 0 Å². The zero-order chi connectivity index (χ0) is 37.0. The summed E-state index contributed by atoms with van der Waals surface area (Å²) in [5.41, 5.74) is 17.3. The first-order chi connectivity index (χ1) is 27.7. The Morgan fingerprint density at radius 1 is 0.214 bits per heavy atom. The van der Waals surface area contributed by atoms with Crippen molar-refractivity contribution in [3.05, 3.63) is 206 Å². The molecule has 0 spiro atoms. The van der Waals surface area contributed by atoms with Crippen LogP contribution < -0.4 is 0 Å². The van der Waals surface area contributed by atoms with Crippen molar-refractivity contribution in [1.82, 2.24) is 0 Å². The smallest absolute Gasteiger partial charge is 0.143 e. The highest BCUT2D eigenvalue weighted by Crippen LogP contribution is 2.43. The summed E-state index contributed by atoms with van der Waals surface area (Å²) in [6, 6.07) is 73.3. The Hall–Kier alpha value is -7.42. The van der Waals surface area contributed by atoms with E-state index in [1.165, 1.54) is 44.5 Å². The Kier molecular flexibility index (Phi) is 7.53. The normalized spacial score (nSPS) is 11.6. The van der Waals surface area contributed by atoms with E-state index in [0.717, 1.165) is 66.1 Å². The van der Waals surface area contributed by atoms with E-state index in [1.807, 2.05) is 0 Å². The molecule has 11 aromatic rings. The van der Waals surface area contributed by atoms with Crippen LogP contribution in [0, 0.1) is 0 Å². The molecule has 0 aliphatic heterocycles. The lowest BCUT2D eigenvalue weighted by atomic mass is 9.95. The number of furan rings is 2. The van der Waals surface area contributed by atoms with Gasteiger partial charge in [-0.05, 0) is 86.0 Å². The Balaban J connectivity index is 0.975. The van der Waals surface area contributed by atoms with Gasteiger partial charge in [0.15, 0.2) is 0 Å². The van der Waals surface area contributed by atoms with Gasteiger partial charge in [-0.2, -0.15) is 0 Å². The SMILES string of the molecule is c1ccc(-c2cccc(-c3cccc(-c4cccc5c4oc4cc6oc7c(-c8cccc(-c9cccc(-c%10ccccc%10)c9)c8)cccc7c6cc45)c3)c2)cc1. The van der Waals surface area contributed by atoms with Crippen molar-refractivity contribution in [2.24, 2.45) is 0 Å². The molecular weight excluding hydrogens is 681 g/mol. The Labute approximate surface area is 324 Å². The second-order valence-electron chi connectivity index (χ2n) is 14.5. The van der Waals surface area contributed by atoms with Crippen LogP contribution in [0.1, 0.15) is 0 Å². The van der Waals surface area contributed by atoms with E-state index in [2.05, 4.69) is 206 Å². The molecule has 0 radical (unpaired) electrons. The molecular formula is C54H34O2. The van der Waals surface area contributed by atoms with Gasteiger partial charge < -0.3 is 8.83 Å². The van der Waals surface area contributed by atoms with Crippen LogP contribution >= 0.6 is 0 Å². The van der Waals surface area contributed by atoms with Gasteiger partial charge in [-0.25, -0.2) is 0 Å². The summed E-state index contributed by atoms with van der Waals surface area (Å²) in [4.78, 5) is 0. The van der Waals surface area contributed by atoms with Crippen molar-refractivity contribution >= 4 is 43.9 Å². The molecule has 2 nitrogen and oxygen atoms in total. The minimum absolute atomic E-state index is 0.813. The summed E-state index contributed by atoms with van der Waals surface area (Å²) in [6.07, 6.45) is 0. The molecule has 0 fully saturated rings. The molecule has 0 atom stereocenters. The standard InChI is InChI=1S/C54H34O2/c1-3-13-35(14-4-1)37-17-7-19-39(29-37)41-21-9-23-43(31-41)45-25-11-27-47-49-33-50-48-28-12-26-46(54(48)56-52(50)34-51(49)55-53(45)47)44-24-10-22-42(32-44)40-20-8-18-38(30-40)36-15-5-2-6-16-36/h1-34H. The summed E-state index contributed by atoms with van der Waals surface area (Å²) in [7, 11) is 0. The van der Waals surface area contributed by atoms with Gasteiger partial charge in [0, 0.05) is 38.7 Å². The lowest BCUT2D eigenvalue weighted by molar-refractivity contribution is 0.657. The molecule has 0 saturated heterocycles. The van der Waals surface area contributed by atoms with Crippen LogP contribution in [0.15, 0.2) is 215 Å². The summed E-state index contributed by atoms with van der Waals surface area (Å²) in [5.74, 6) is 0. The maximum absolute atomic E-state index is 6.73. The predicted octanol–water partition coefficient (Wildman–Crippen LogP) is 15.5. The van der Waals surface area contributed by atoms with Gasteiger partial charge in [-0.15, -0.1) is 0 Å². The van der Waals surface area contributed by atoms with Crippen LogP contribution in [-0.4, -0.2) is 0 Å². The van der Waals surface area contributed by atoms with E-state index in [-0.39, 0.29) is 0 Å². The maximum atomic E-state index is 6.73. The zero-order valence-electron chi connectivity index (χ0n) is 30.4. The van der Waals surface area contributed by atoms with Gasteiger partial charge in [0.25, 0.3) is 0 Å². The van der Waals surface area contributed by atoms with Gasteiger partial charge in [-0.1, -0.05) is 170 Å². The largest absolute Gasteiger partial charge is 0.455 e. The van der Waals surface area contributed by atoms with E-state index in [0.29, 0.717) is 0 Å². The Morgan fingerprint density at radius 3 is 0.946 bits per heavy atom. The highest BCUT2D eigenvalue weighted by molar-refractivity contribution is 6.18. The summed E-state index contributed by atoms with van der Waals surface area (Å²) >= 11 is 0. The van der Waals surface area contributed by atoms with Gasteiger partial charge in [-0.3, -0.25) is 0 Å². The number of hydrogen-bond donors (Lipinski definition) is 0. The molecule has 0 bridgehead atoms. The third-order valence-corrected chi connectivity index (χ3v) is 11.1. The van der Waals surface area contributed by atoms with Crippen molar-refractivity contribution in [3.63, 3.8) is 0 Å². The summed E-state index contributed by atoms with van der Waals surface area (Å²) in [6.45, 7) is 0. The molecule has 11 rings (SSSR count). The van der Waals surface area contributed by atoms with Gasteiger partial charge in [0.2, 0.25) is 0 Å². The molecule has 2 heteroatoms. The van der Waals surface area contributed by atoms with Crippen molar-refractivity contribution in [2.45, 2.75) is 0 Å². The third kappa shape index (κ3) is 5.51. The third-order valence-electron chi connectivity index (χ3n) is 11.1. The molecule has 0 amide bonds. The average molecular weight is 715 g/mol. The molecule has 9 aromatic carbocycles. The molecule has 0 saturated carbocycles. The topological polar surface area (TPSA) is 26.3 Å². The summed E-state index contributed by atoms with van der Waals surface area (Å²) in [5, 5.41) is 4.34. The number of fused-ring (bicyclic) bond motifs is 6. The predicted molar refractivity (Wildman–Crippen MR) is 234 cm³/mol. The molecule has 0 aliphatic carbocycles. The van der Waals surface area contributed by atoms with Crippen molar-refractivity contribution < 1.29 is 8.83 Å². The second kappa shape index (κ2) is 13.2. The van der Waals surface area contributed by atoms with Gasteiger partial charge in [0.1, 0.15) is 22.3 Å². The zero-order valence-corrected chi connectivity index (χ0v) is 30.4. The van der Waals surface area contributed by atoms with Crippen molar-refractivity contribution in [2.75, 3.05) is 0 Å². The highest BCUT2D eigenvalue weighted by Gasteiger charge is 2.18. The molecule has 2 heterocycles. The number of hydrogen-bond acceptors (Lipinski definition) is 2.